The Morgan fingerprint density at radius 2 is 2.16 bits per heavy atom. The summed E-state index contributed by atoms with van der Waals surface area (Å²) in [6, 6.07) is 5.04. The van der Waals surface area contributed by atoms with Crippen molar-refractivity contribution in [1.82, 2.24) is 0 Å². The predicted octanol–water partition coefficient (Wildman–Crippen LogP) is 1.62. The lowest BCUT2D eigenvalue weighted by atomic mass is 10.1. The molecule has 1 aromatic rings. The first-order chi connectivity index (χ1) is 9.08. The zero-order chi connectivity index (χ0) is 14.3. The molecule has 0 heterocycles. The zero-order valence-corrected chi connectivity index (χ0v) is 10.7. The largest absolute Gasteiger partial charge is 0.493 e. The van der Waals surface area contributed by atoms with Gasteiger partial charge in [-0.2, -0.15) is 0 Å². The van der Waals surface area contributed by atoms with E-state index >= 15 is 0 Å². The molecule has 0 aliphatic heterocycles. The van der Waals surface area contributed by atoms with E-state index in [1.54, 1.807) is 25.1 Å². The maximum Gasteiger partial charge on any atom is 0.303 e. The Bertz CT molecular complexity index is 470. The molecule has 0 bridgehead atoms. The van der Waals surface area contributed by atoms with Crippen LogP contribution in [0.15, 0.2) is 23.4 Å². The van der Waals surface area contributed by atoms with Crippen molar-refractivity contribution in [3.05, 3.63) is 29.3 Å². The maximum atomic E-state index is 10.4. The van der Waals surface area contributed by atoms with Crippen LogP contribution < -0.4 is 4.74 Å². The molecule has 6 nitrogen and oxygen atoms in total. The highest BCUT2D eigenvalue weighted by Crippen LogP contribution is 2.21. The van der Waals surface area contributed by atoms with Gasteiger partial charge in [-0.3, -0.25) is 4.79 Å². The normalized spacial score (nSPS) is 11.4. The number of rotatable bonds is 7. The zero-order valence-electron chi connectivity index (χ0n) is 10.7. The molecule has 0 radical (unpaired) electrons. The monoisotopic (exact) mass is 267 g/mol. The van der Waals surface area contributed by atoms with Gasteiger partial charge in [-0.1, -0.05) is 5.16 Å². The van der Waals surface area contributed by atoms with Gasteiger partial charge in [0.2, 0.25) is 0 Å². The number of hydrogen-bond acceptors (Lipinski definition) is 5. The van der Waals surface area contributed by atoms with Crippen molar-refractivity contribution in [2.45, 2.75) is 26.4 Å². The van der Waals surface area contributed by atoms with Crippen molar-refractivity contribution in [1.29, 1.82) is 0 Å². The minimum Gasteiger partial charge on any atom is -0.493 e. The third kappa shape index (κ3) is 4.59. The van der Waals surface area contributed by atoms with Crippen LogP contribution in [0.4, 0.5) is 0 Å². The molecule has 0 unspecified atom stereocenters. The molecule has 1 rings (SSSR count). The third-order valence-corrected chi connectivity index (χ3v) is 2.59. The molecule has 0 amide bonds. The Hall–Kier alpha value is -2.08. The fourth-order valence-corrected chi connectivity index (χ4v) is 1.53. The van der Waals surface area contributed by atoms with E-state index in [-0.39, 0.29) is 19.6 Å². The summed E-state index contributed by atoms with van der Waals surface area (Å²) in [5.74, 6) is -0.363. The number of aliphatic hydroxyl groups excluding tert-OH is 1. The highest BCUT2D eigenvalue weighted by molar-refractivity contribution is 5.98. The Balaban J connectivity index is 2.71. The Kier molecular flexibility index (Phi) is 5.81. The van der Waals surface area contributed by atoms with E-state index in [9.17, 15) is 9.90 Å². The van der Waals surface area contributed by atoms with Crippen molar-refractivity contribution in [3.8, 4) is 5.75 Å². The fourth-order valence-electron chi connectivity index (χ4n) is 1.53. The Morgan fingerprint density at radius 1 is 1.42 bits per heavy atom. The number of nitrogens with zero attached hydrogens (tertiary/aromatic N) is 1. The summed E-state index contributed by atoms with van der Waals surface area (Å²) >= 11 is 0. The van der Waals surface area contributed by atoms with E-state index in [1.165, 1.54) is 0 Å². The Labute approximate surface area is 110 Å². The summed E-state index contributed by atoms with van der Waals surface area (Å²) in [4.78, 5) is 10.4. The van der Waals surface area contributed by atoms with E-state index in [0.717, 1.165) is 0 Å². The number of carboxylic acid groups (broad SMARTS) is 1. The van der Waals surface area contributed by atoms with Crippen LogP contribution in [0.5, 0.6) is 5.75 Å². The first kappa shape index (κ1) is 15.0. The van der Waals surface area contributed by atoms with Crippen LogP contribution in [-0.2, 0) is 11.4 Å². The van der Waals surface area contributed by atoms with E-state index in [1.807, 2.05) is 0 Å². The first-order valence-electron chi connectivity index (χ1n) is 5.86. The summed E-state index contributed by atoms with van der Waals surface area (Å²) in [6.45, 7) is 1.70. The van der Waals surface area contributed by atoms with Gasteiger partial charge >= 0.3 is 5.97 Å². The number of ether oxygens (including phenoxy) is 1. The maximum absolute atomic E-state index is 10.4. The lowest BCUT2D eigenvalue weighted by Gasteiger charge is -2.11. The van der Waals surface area contributed by atoms with Gasteiger partial charge in [-0.05, 0) is 37.1 Å². The van der Waals surface area contributed by atoms with Crippen molar-refractivity contribution >= 4 is 11.7 Å². The summed E-state index contributed by atoms with van der Waals surface area (Å²) < 4.78 is 5.42. The molecule has 0 aromatic heterocycles. The average Bonchev–Trinajstić information content (AvgIpc) is 2.42. The van der Waals surface area contributed by atoms with E-state index in [0.29, 0.717) is 29.0 Å². The van der Waals surface area contributed by atoms with Gasteiger partial charge < -0.3 is 20.2 Å². The van der Waals surface area contributed by atoms with Crippen LogP contribution in [0.2, 0.25) is 0 Å². The summed E-state index contributed by atoms with van der Waals surface area (Å²) in [5.41, 5.74) is 1.69. The molecule has 104 valence electrons. The lowest BCUT2D eigenvalue weighted by Crippen LogP contribution is -2.05. The average molecular weight is 267 g/mol. The Morgan fingerprint density at radius 3 is 2.74 bits per heavy atom. The number of aliphatic hydroxyl groups is 1. The number of oxime groups is 1. The number of aliphatic carboxylic acids is 1. The summed E-state index contributed by atoms with van der Waals surface area (Å²) in [7, 11) is 0. The minimum absolute atomic E-state index is 0.0445. The standard InChI is InChI=1S/C13H17NO5/c1-9(14-18)10-4-5-12(11(7-10)8-15)19-6-2-3-13(16)17/h4-5,7,15,18H,2-3,6,8H2,1H3,(H,16,17)/b14-9-. The molecule has 1 aromatic carbocycles. The molecule has 0 saturated heterocycles. The summed E-state index contributed by atoms with van der Waals surface area (Å²) in [6.07, 6.45) is 0.446. The van der Waals surface area contributed by atoms with Crippen molar-refractivity contribution < 1.29 is 25.0 Å². The van der Waals surface area contributed by atoms with Gasteiger partial charge in [0.1, 0.15) is 5.75 Å². The third-order valence-electron chi connectivity index (χ3n) is 2.59. The molecule has 0 aliphatic rings. The molecule has 0 spiro atoms. The highest BCUT2D eigenvalue weighted by Gasteiger charge is 2.07. The van der Waals surface area contributed by atoms with Gasteiger partial charge in [0.15, 0.2) is 0 Å². The molecule has 3 N–H and O–H groups in total. The fraction of sp³-hybridized carbons (Fsp3) is 0.385. The van der Waals surface area contributed by atoms with Crippen molar-refractivity contribution in [2.24, 2.45) is 5.16 Å². The summed E-state index contributed by atoms with van der Waals surface area (Å²) in [5, 5.41) is 29.5. The predicted molar refractivity (Wildman–Crippen MR) is 68.7 cm³/mol. The van der Waals surface area contributed by atoms with Crippen molar-refractivity contribution in [3.63, 3.8) is 0 Å². The number of hydrogen-bond donors (Lipinski definition) is 3. The van der Waals surface area contributed by atoms with Gasteiger partial charge in [-0.15, -0.1) is 0 Å². The number of carboxylic acids is 1. The molecular weight excluding hydrogens is 250 g/mol. The van der Waals surface area contributed by atoms with Crippen LogP contribution in [0.1, 0.15) is 30.9 Å². The molecule has 0 saturated carbocycles. The molecular formula is C13H17NO5. The molecule has 19 heavy (non-hydrogen) atoms. The van der Waals surface area contributed by atoms with E-state index in [2.05, 4.69) is 5.16 Å². The number of carbonyl (C=O) groups is 1. The topological polar surface area (TPSA) is 99.4 Å². The first-order valence-corrected chi connectivity index (χ1v) is 5.86. The molecule has 0 atom stereocenters. The van der Waals surface area contributed by atoms with Gasteiger partial charge in [0.05, 0.1) is 18.9 Å². The van der Waals surface area contributed by atoms with Gasteiger partial charge in [-0.25, -0.2) is 0 Å². The van der Waals surface area contributed by atoms with Crippen LogP contribution in [-0.4, -0.2) is 33.7 Å². The van der Waals surface area contributed by atoms with Crippen LogP contribution in [0.25, 0.3) is 0 Å². The van der Waals surface area contributed by atoms with Crippen LogP contribution >= 0.6 is 0 Å². The molecule has 0 aliphatic carbocycles. The van der Waals surface area contributed by atoms with E-state index < -0.39 is 5.97 Å². The van der Waals surface area contributed by atoms with Crippen LogP contribution in [0, 0.1) is 0 Å². The number of benzene rings is 1. The van der Waals surface area contributed by atoms with Gasteiger partial charge in [0, 0.05) is 12.0 Å². The molecule has 6 heteroatoms. The lowest BCUT2D eigenvalue weighted by molar-refractivity contribution is -0.137. The smallest absolute Gasteiger partial charge is 0.303 e. The SMILES string of the molecule is C/C(=N/O)c1ccc(OCCCC(=O)O)c(CO)c1. The molecule has 0 fully saturated rings. The second-order valence-electron chi connectivity index (χ2n) is 4.01. The second kappa shape index (κ2) is 7.38. The van der Waals surface area contributed by atoms with Crippen molar-refractivity contribution in [2.75, 3.05) is 6.61 Å². The van der Waals surface area contributed by atoms with E-state index in [4.69, 9.17) is 15.1 Å². The second-order valence-corrected chi connectivity index (χ2v) is 4.01. The quantitative estimate of drug-likeness (QED) is 0.302. The highest BCUT2D eigenvalue weighted by atomic mass is 16.5. The van der Waals surface area contributed by atoms with Gasteiger partial charge in [0.25, 0.3) is 0 Å². The van der Waals surface area contributed by atoms with Crippen LogP contribution in [0.3, 0.4) is 0 Å². The minimum atomic E-state index is -0.865.